The van der Waals surface area contributed by atoms with Crippen LogP contribution in [0.1, 0.15) is 43.0 Å². The predicted molar refractivity (Wildman–Crippen MR) is 96.2 cm³/mol. The Morgan fingerprint density at radius 3 is 2.54 bits per heavy atom. The lowest BCUT2D eigenvalue weighted by Crippen LogP contribution is -2.13. The van der Waals surface area contributed by atoms with Gasteiger partial charge in [0.1, 0.15) is 10.8 Å². The average molecular weight is 373 g/mol. The fraction of sp³-hybridized carbons (Fsp3) is 0.333. The van der Waals surface area contributed by atoms with Crippen molar-refractivity contribution in [1.29, 1.82) is 0 Å². The van der Waals surface area contributed by atoms with E-state index in [4.69, 9.17) is 14.0 Å². The fourth-order valence-corrected chi connectivity index (χ4v) is 2.85. The largest absolute Gasteiger partial charge is 0.497 e. The molecule has 7 nitrogen and oxygen atoms in total. The van der Waals surface area contributed by atoms with Crippen LogP contribution in [0.5, 0.6) is 5.75 Å². The van der Waals surface area contributed by atoms with Gasteiger partial charge in [-0.1, -0.05) is 25.9 Å². The van der Waals surface area contributed by atoms with Crippen LogP contribution in [0.4, 0.5) is 0 Å². The van der Waals surface area contributed by atoms with E-state index in [2.05, 4.69) is 15.1 Å². The molecule has 3 rings (SSSR count). The van der Waals surface area contributed by atoms with Gasteiger partial charge in [0, 0.05) is 16.4 Å². The van der Waals surface area contributed by atoms with Crippen molar-refractivity contribution < 1.29 is 18.8 Å². The topological polar surface area (TPSA) is 87.3 Å². The predicted octanol–water partition coefficient (Wildman–Crippen LogP) is 3.86. The second kappa shape index (κ2) is 7.25. The lowest BCUT2D eigenvalue weighted by molar-refractivity contribution is 0.0424. The maximum atomic E-state index is 12.2. The summed E-state index contributed by atoms with van der Waals surface area (Å²) in [5, 5.41) is 6.29. The number of aromatic nitrogens is 3. The number of rotatable bonds is 5. The molecule has 0 spiro atoms. The van der Waals surface area contributed by atoms with Gasteiger partial charge in [-0.3, -0.25) is 0 Å². The molecule has 0 bridgehead atoms. The van der Waals surface area contributed by atoms with Crippen LogP contribution >= 0.6 is 11.3 Å². The van der Waals surface area contributed by atoms with Crippen LogP contribution in [0, 0.1) is 0 Å². The summed E-state index contributed by atoms with van der Waals surface area (Å²) >= 11 is 1.37. The van der Waals surface area contributed by atoms with Crippen molar-refractivity contribution in [1.82, 2.24) is 15.1 Å². The molecule has 2 heterocycles. The van der Waals surface area contributed by atoms with E-state index in [0.717, 1.165) is 16.3 Å². The summed E-state index contributed by atoms with van der Waals surface area (Å²) in [6.07, 6.45) is 0. The molecule has 1 aromatic carbocycles. The summed E-state index contributed by atoms with van der Waals surface area (Å²) in [5.74, 6) is 1.06. The van der Waals surface area contributed by atoms with E-state index in [9.17, 15) is 4.79 Å². The van der Waals surface area contributed by atoms with Crippen molar-refractivity contribution in [3.8, 4) is 16.3 Å². The maximum Gasteiger partial charge on any atom is 0.358 e. The van der Waals surface area contributed by atoms with Gasteiger partial charge in [0.2, 0.25) is 0 Å². The van der Waals surface area contributed by atoms with Crippen LogP contribution < -0.4 is 4.74 Å². The Morgan fingerprint density at radius 2 is 1.92 bits per heavy atom. The first kappa shape index (κ1) is 18.1. The fourth-order valence-electron chi connectivity index (χ4n) is 2.05. The molecule has 0 saturated carbocycles. The third-order valence-corrected chi connectivity index (χ3v) is 4.41. The molecule has 0 aliphatic rings. The number of esters is 1. The van der Waals surface area contributed by atoms with Crippen LogP contribution in [0.2, 0.25) is 0 Å². The first-order valence-electron chi connectivity index (χ1n) is 7.97. The number of ether oxygens (including phenoxy) is 2. The van der Waals surface area contributed by atoms with Gasteiger partial charge >= 0.3 is 5.97 Å². The number of hydrogen-bond acceptors (Lipinski definition) is 8. The van der Waals surface area contributed by atoms with Crippen molar-refractivity contribution in [2.45, 2.75) is 32.8 Å². The molecule has 0 aliphatic heterocycles. The van der Waals surface area contributed by atoms with Gasteiger partial charge in [-0.15, -0.1) is 11.3 Å². The SMILES string of the molecule is COc1ccc(-c2nc(C(=O)OCc3nc(C(C)(C)C)no3)cs2)cc1. The minimum atomic E-state index is -0.531. The molecule has 136 valence electrons. The Hall–Kier alpha value is -2.74. The third-order valence-electron chi connectivity index (χ3n) is 3.52. The maximum absolute atomic E-state index is 12.2. The summed E-state index contributed by atoms with van der Waals surface area (Å²) in [7, 11) is 1.61. The molecule has 26 heavy (non-hydrogen) atoms. The van der Waals surface area contributed by atoms with E-state index in [-0.39, 0.29) is 23.6 Å². The monoisotopic (exact) mass is 373 g/mol. The normalized spacial score (nSPS) is 11.4. The van der Waals surface area contributed by atoms with Crippen molar-refractivity contribution in [2.75, 3.05) is 7.11 Å². The van der Waals surface area contributed by atoms with Gasteiger partial charge in [0.15, 0.2) is 18.1 Å². The van der Waals surface area contributed by atoms with E-state index in [1.54, 1.807) is 12.5 Å². The molecular weight excluding hydrogens is 354 g/mol. The van der Waals surface area contributed by atoms with Crippen LogP contribution in [0.15, 0.2) is 34.2 Å². The summed E-state index contributed by atoms with van der Waals surface area (Å²) in [4.78, 5) is 20.7. The van der Waals surface area contributed by atoms with Crippen LogP contribution in [-0.4, -0.2) is 28.2 Å². The van der Waals surface area contributed by atoms with Crippen LogP contribution in [0.25, 0.3) is 10.6 Å². The number of carbonyl (C=O) groups is 1. The molecular formula is C18H19N3O4S. The number of methoxy groups -OCH3 is 1. The Bertz CT molecular complexity index is 894. The molecule has 0 atom stereocenters. The third kappa shape index (κ3) is 4.08. The number of nitrogens with zero attached hydrogens (tertiary/aromatic N) is 3. The Balaban J connectivity index is 1.63. The van der Waals surface area contributed by atoms with Gasteiger partial charge in [-0.25, -0.2) is 9.78 Å². The number of thiazole rings is 1. The van der Waals surface area contributed by atoms with E-state index < -0.39 is 5.97 Å². The Morgan fingerprint density at radius 1 is 1.19 bits per heavy atom. The summed E-state index contributed by atoms with van der Waals surface area (Å²) < 4.78 is 15.5. The molecule has 0 radical (unpaired) electrons. The second-order valence-electron chi connectivity index (χ2n) is 6.60. The van der Waals surface area contributed by atoms with Gasteiger partial charge in [0.25, 0.3) is 5.89 Å². The molecule has 8 heteroatoms. The summed E-state index contributed by atoms with van der Waals surface area (Å²) in [6.45, 7) is 5.84. The molecule has 0 unspecified atom stereocenters. The van der Waals surface area contributed by atoms with E-state index in [1.807, 2.05) is 45.0 Å². The highest BCUT2D eigenvalue weighted by Crippen LogP contribution is 2.26. The molecule has 0 fully saturated rings. The molecule has 0 amide bonds. The highest BCUT2D eigenvalue weighted by Gasteiger charge is 2.22. The quantitative estimate of drug-likeness (QED) is 0.628. The molecule has 3 aromatic rings. The minimum absolute atomic E-state index is 0.0860. The number of carbonyl (C=O) groups excluding carboxylic acids is 1. The minimum Gasteiger partial charge on any atom is -0.497 e. The number of hydrogen-bond donors (Lipinski definition) is 0. The summed E-state index contributed by atoms with van der Waals surface area (Å²) in [6, 6.07) is 7.46. The van der Waals surface area contributed by atoms with E-state index in [0.29, 0.717) is 5.82 Å². The molecule has 2 aromatic heterocycles. The first-order chi connectivity index (χ1) is 12.4. The Kier molecular flexibility index (Phi) is 5.03. The van der Waals surface area contributed by atoms with E-state index >= 15 is 0 Å². The molecule has 0 N–H and O–H groups in total. The smallest absolute Gasteiger partial charge is 0.358 e. The highest BCUT2D eigenvalue weighted by molar-refractivity contribution is 7.13. The standard InChI is InChI=1S/C18H19N3O4S/c1-18(2,3)17-20-14(25-21-17)9-24-16(22)13-10-26-15(19-13)11-5-7-12(23-4)8-6-11/h5-8,10H,9H2,1-4H3. The van der Waals surface area contributed by atoms with Crippen molar-refractivity contribution >= 4 is 17.3 Å². The van der Waals surface area contributed by atoms with E-state index in [1.165, 1.54) is 11.3 Å². The van der Waals surface area contributed by atoms with Gasteiger partial charge in [-0.2, -0.15) is 4.98 Å². The average Bonchev–Trinajstić information content (AvgIpc) is 3.29. The van der Waals surface area contributed by atoms with Crippen LogP contribution in [0.3, 0.4) is 0 Å². The highest BCUT2D eigenvalue weighted by atomic mass is 32.1. The zero-order valence-corrected chi connectivity index (χ0v) is 15.8. The lowest BCUT2D eigenvalue weighted by Gasteiger charge is -2.10. The van der Waals surface area contributed by atoms with Gasteiger partial charge in [0.05, 0.1) is 7.11 Å². The first-order valence-corrected chi connectivity index (χ1v) is 8.85. The Labute approximate surface area is 155 Å². The molecule has 0 saturated heterocycles. The van der Waals surface area contributed by atoms with Gasteiger partial charge < -0.3 is 14.0 Å². The van der Waals surface area contributed by atoms with Gasteiger partial charge in [-0.05, 0) is 24.3 Å². The summed E-state index contributed by atoms with van der Waals surface area (Å²) in [5.41, 5.74) is 0.923. The lowest BCUT2D eigenvalue weighted by atomic mass is 9.96. The molecule has 0 aliphatic carbocycles. The number of benzene rings is 1. The van der Waals surface area contributed by atoms with Crippen LogP contribution in [-0.2, 0) is 16.8 Å². The second-order valence-corrected chi connectivity index (χ2v) is 7.46. The van der Waals surface area contributed by atoms with Crippen molar-refractivity contribution in [3.63, 3.8) is 0 Å². The zero-order chi connectivity index (χ0) is 18.7. The zero-order valence-electron chi connectivity index (χ0n) is 15.0. The van der Waals surface area contributed by atoms with Crippen molar-refractivity contribution in [3.05, 3.63) is 47.1 Å². The van der Waals surface area contributed by atoms with Crippen molar-refractivity contribution in [2.24, 2.45) is 0 Å².